The molecule has 0 bridgehead atoms. The molecule has 2 N–H and O–H groups in total. The molecule has 2 rings (SSSR count). The van der Waals surface area contributed by atoms with Crippen LogP contribution in [0.2, 0.25) is 0 Å². The van der Waals surface area contributed by atoms with Gasteiger partial charge in [-0.1, -0.05) is 18.2 Å². The minimum atomic E-state index is 0.682. The monoisotopic (exact) mass is 332 g/mol. The smallest absolute Gasteiger partial charge is 0.0555 e. The first kappa shape index (κ1) is 15.1. The van der Waals surface area contributed by atoms with Crippen molar-refractivity contribution in [1.29, 1.82) is 0 Å². The van der Waals surface area contributed by atoms with Crippen molar-refractivity contribution >= 4 is 27.3 Å². The average molecular weight is 333 g/mol. The van der Waals surface area contributed by atoms with Crippen molar-refractivity contribution in [2.75, 3.05) is 18.0 Å². The van der Waals surface area contributed by atoms with Crippen molar-refractivity contribution in [3.63, 3.8) is 0 Å². The summed E-state index contributed by atoms with van der Waals surface area (Å²) in [4.78, 5) is 2.31. The summed E-state index contributed by atoms with van der Waals surface area (Å²) < 4.78 is 1.12. The minimum absolute atomic E-state index is 0.682. The van der Waals surface area contributed by atoms with Crippen molar-refractivity contribution in [2.24, 2.45) is 5.73 Å². The van der Waals surface area contributed by atoms with Gasteiger partial charge in [0.05, 0.1) is 5.69 Å². The second-order valence-electron chi connectivity index (χ2n) is 4.91. The van der Waals surface area contributed by atoms with Gasteiger partial charge in [-0.3, -0.25) is 0 Å². The van der Waals surface area contributed by atoms with E-state index in [1.807, 2.05) is 0 Å². The number of hydrogen-bond acceptors (Lipinski definition) is 2. The van der Waals surface area contributed by atoms with Crippen molar-refractivity contribution in [3.8, 4) is 0 Å². The molecule has 0 aliphatic rings. The molecule has 0 aliphatic heterocycles. The highest BCUT2D eigenvalue weighted by Gasteiger charge is 2.11. The third-order valence-corrected chi connectivity index (χ3v) is 4.00. The number of nitrogens with two attached hydrogens (primary N) is 1. The Morgan fingerprint density at radius 2 is 1.95 bits per heavy atom. The van der Waals surface area contributed by atoms with E-state index in [2.05, 4.69) is 77.1 Å². The molecule has 0 radical (unpaired) electrons. The fourth-order valence-corrected chi connectivity index (χ4v) is 3.02. The van der Waals surface area contributed by atoms with Gasteiger partial charge in [0, 0.05) is 16.7 Å². The first-order valence-electron chi connectivity index (χ1n) is 6.98. The first-order chi connectivity index (χ1) is 9.65. The zero-order chi connectivity index (χ0) is 14.5. The molecule has 0 aromatic heterocycles. The van der Waals surface area contributed by atoms with E-state index in [0.29, 0.717) is 6.54 Å². The average Bonchev–Trinajstić information content (AvgIpc) is 2.42. The molecule has 0 saturated carbocycles. The molecule has 0 saturated heterocycles. The number of anilines is 2. The molecule has 2 aromatic carbocycles. The van der Waals surface area contributed by atoms with Gasteiger partial charge in [0.15, 0.2) is 0 Å². The van der Waals surface area contributed by atoms with Crippen molar-refractivity contribution < 1.29 is 0 Å². The number of halogens is 1. The number of hydrogen-bond donors (Lipinski definition) is 1. The highest BCUT2D eigenvalue weighted by molar-refractivity contribution is 9.10. The summed E-state index contributed by atoms with van der Waals surface area (Å²) in [7, 11) is 0. The van der Waals surface area contributed by atoms with E-state index in [4.69, 9.17) is 5.73 Å². The van der Waals surface area contributed by atoms with Gasteiger partial charge in [-0.15, -0.1) is 0 Å². The van der Waals surface area contributed by atoms with Crippen LogP contribution in [0.15, 0.2) is 46.9 Å². The Labute approximate surface area is 129 Å². The van der Waals surface area contributed by atoms with Crippen LogP contribution in [0.25, 0.3) is 0 Å². The Morgan fingerprint density at radius 1 is 1.15 bits per heavy atom. The molecule has 106 valence electrons. The predicted octanol–water partition coefficient (Wildman–Crippen LogP) is 4.42. The normalized spacial score (nSPS) is 10.6. The van der Waals surface area contributed by atoms with E-state index in [9.17, 15) is 0 Å². The van der Waals surface area contributed by atoms with Crippen LogP contribution in [0.3, 0.4) is 0 Å². The summed E-state index contributed by atoms with van der Waals surface area (Å²) >= 11 is 3.69. The molecule has 0 atom stereocenters. The van der Waals surface area contributed by atoms with E-state index in [1.165, 1.54) is 22.5 Å². The Hall–Kier alpha value is -1.32. The van der Waals surface area contributed by atoms with Crippen LogP contribution in [0.1, 0.15) is 18.1 Å². The van der Waals surface area contributed by atoms with Gasteiger partial charge in [-0.05, 0) is 78.1 Å². The summed E-state index contributed by atoms with van der Waals surface area (Å²) in [5, 5.41) is 0. The Morgan fingerprint density at radius 3 is 2.55 bits per heavy atom. The molecule has 0 amide bonds. The van der Waals surface area contributed by atoms with Crippen molar-refractivity contribution in [1.82, 2.24) is 0 Å². The summed E-state index contributed by atoms with van der Waals surface area (Å²) in [6, 6.07) is 15.1. The summed E-state index contributed by atoms with van der Waals surface area (Å²) in [6.07, 6.45) is 0.912. The molecular weight excluding hydrogens is 312 g/mol. The van der Waals surface area contributed by atoms with Crippen LogP contribution >= 0.6 is 15.9 Å². The summed E-state index contributed by atoms with van der Waals surface area (Å²) in [5.74, 6) is 0. The van der Waals surface area contributed by atoms with Crippen LogP contribution in [-0.2, 0) is 6.42 Å². The largest absolute Gasteiger partial charge is 0.341 e. The zero-order valence-electron chi connectivity index (χ0n) is 12.1. The Balaban J connectivity index is 2.37. The fraction of sp³-hybridized carbons (Fsp3) is 0.294. The lowest BCUT2D eigenvalue weighted by atomic mass is 10.1. The van der Waals surface area contributed by atoms with Gasteiger partial charge in [-0.2, -0.15) is 0 Å². The maximum absolute atomic E-state index is 5.62. The topological polar surface area (TPSA) is 29.3 Å². The molecule has 2 aromatic rings. The minimum Gasteiger partial charge on any atom is -0.341 e. The summed E-state index contributed by atoms with van der Waals surface area (Å²) in [6.45, 7) is 5.90. The molecule has 3 heteroatoms. The van der Waals surface area contributed by atoms with Crippen LogP contribution in [0, 0.1) is 6.92 Å². The lowest BCUT2D eigenvalue weighted by molar-refractivity contribution is 0.963. The van der Waals surface area contributed by atoms with Gasteiger partial charge in [-0.25, -0.2) is 0 Å². The molecule has 0 aliphatic carbocycles. The highest BCUT2D eigenvalue weighted by Crippen LogP contribution is 2.33. The zero-order valence-corrected chi connectivity index (χ0v) is 13.7. The van der Waals surface area contributed by atoms with E-state index >= 15 is 0 Å². The third-order valence-electron chi connectivity index (χ3n) is 3.37. The van der Waals surface area contributed by atoms with Gasteiger partial charge >= 0.3 is 0 Å². The standard InChI is InChI=1S/C17H21BrN2/c1-3-20(15-6-4-5-13(2)11-15)17-8-7-14(9-10-19)12-16(17)18/h4-8,11-12H,3,9-10,19H2,1-2H3. The van der Waals surface area contributed by atoms with E-state index in [1.54, 1.807) is 0 Å². The molecule has 0 fully saturated rings. The van der Waals surface area contributed by atoms with Crippen molar-refractivity contribution in [2.45, 2.75) is 20.3 Å². The summed E-state index contributed by atoms with van der Waals surface area (Å²) in [5.41, 5.74) is 10.6. The van der Waals surface area contributed by atoms with Gasteiger partial charge in [0.1, 0.15) is 0 Å². The highest BCUT2D eigenvalue weighted by atomic mass is 79.9. The fourth-order valence-electron chi connectivity index (χ4n) is 2.38. The SMILES string of the molecule is CCN(c1cccc(C)c1)c1ccc(CCN)cc1Br. The Kier molecular flexibility index (Phi) is 5.21. The molecule has 0 heterocycles. The second-order valence-corrected chi connectivity index (χ2v) is 5.76. The van der Waals surface area contributed by atoms with E-state index < -0.39 is 0 Å². The molecule has 0 unspecified atom stereocenters. The van der Waals surface area contributed by atoms with E-state index in [0.717, 1.165) is 17.4 Å². The second kappa shape index (κ2) is 6.91. The molecule has 2 nitrogen and oxygen atoms in total. The number of aryl methyl sites for hydroxylation is 1. The molecule has 20 heavy (non-hydrogen) atoms. The Bertz CT molecular complexity index is 581. The quantitative estimate of drug-likeness (QED) is 0.878. The maximum Gasteiger partial charge on any atom is 0.0555 e. The van der Waals surface area contributed by atoms with E-state index in [-0.39, 0.29) is 0 Å². The van der Waals surface area contributed by atoms with Gasteiger partial charge in [0.2, 0.25) is 0 Å². The van der Waals surface area contributed by atoms with Crippen LogP contribution in [0.4, 0.5) is 11.4 Å². The number of rotatable bonds is 5. The number of benzene rings is 2. The number of nitrogens with zero attached hydrogens (tertiary/aromatic N) is 1. The van der Waals surface area contributed by atoms with Gasteiger partial charge in [0.25, 0.3) is 0 Å². The lowest BCUT2D eigenvalue weighted by Gasteiger charge is -2.25. The maximum atomic E-state index is 5.62. The first-order valence-corrected chi connectivity index (χ1v) is 7.77. The van der Waals surface area contributed by atoms with Crippen molar-refractivity contribution in [3.05, 3.63) is 58.1 Å². The van der Waals surface area contributed by atoms with Crippen LogP contribution < -0.4 is 10.6 Å². The van der Waals surface area contributed by atoms with Gasteiger partial charge < -0.3 is 10.6 Å². The lowest BCUT2D eigenvalue weighted by Crippen LogP contribution is -2.16. The molecule has 0 spiro atoms. The third kappa shape index (κ3) is 3.41. The van der Waals surface area contributed by atoms with Crippen LogP contribution in [-0.4, -0.2) is 13.1 Å². The molecular formula is C17H21BrN2. The van der Waals surface area contributed by atoms with Crippen LogP contribution in [0.5, 0.6) is 0 Å². The predicted molar refractivity (Wildman–Crippen MR) is 90.8 cm³/mol.